The highest BCUT2D eigenvalue weighted by atomic mass is 19.4. The highest BCUT2D eigenvalue weighted by Crippen LogP contribution is 2.30. The number of benzene rings is 1. The number of hydrogen-bond donors (Lipinski definition) is 0. The van der Waals surface area contributed by atoms with Crippen molar-refractivity contribution in [1.82, 2.24) is 14.7 Å². The molecule has 10 heteroatoms. The summed E-state index contributed by atoms with van der Waals surface area (Å²) in [5.41, 5.74) is 0.740. The van der Waals surface area contributed by atoms with Crippen molar-refractivity contribution >= 4 is 12.1 Å². The summed E-state index contributed by atoms with van der Waals surface area (Å²) in [5, 5.41) is 4.22. The molecule has 0 aliphatic carbocycles. The van der Waals surface area contributed by atoms with E-state index in [1.54, 1.807) is 30.7 Å². The van der Waals surface area contributed by atoms with Gasteiger partial charge in [-0.3, -0.25) is 4.68 Å². The topological polar surface area (TPSA) is 73.7 Å². The van der Waals surface area contributed by atoms with E-state index in [0.29, 0.717) is 30.8 Å². The van der Waals surface area contributed by atoms with Crippen LogP contribution in [0.2, 0.25) is 0 Å². The van der Waals surface area contributed by atoms with E-state index < -0.39 is 23.8 Å². The Bertz CT molecular complexity index is 940. The van der Waals surface area contributed by atoms with Crippen molar-refractivity contribution in [3.8, 4) is 0 Å². The number of esters is 1. The normalized spacial score (nSPS) is 14.1. The largest absolute Gasteiger partial charge is 0.461 e. The number of alkyl halides is 3. The third kappa shape index (κ3) is 5.11. The third-order valence-corrected chi connectivity index (χ3v) is 4.58. The van der Waals surface area contributed by atoms with Gasteiger partial charge >= 0.3 is 18.2 Å². The molecule has 0 saturated heterocycles. The Balaban J connectivity index is 1.66. The molecule has 162 valence electrons. The lowest BCUT2D eigenvalue weighted by Gasteiger charge is -2.20. The van der Waals surface area contributed by atoms with Gasteiger partial charge in [0.2, 0.25) is 0 Å². The minimum Gasteiger partial charge on any atom is -0.461 e. The number of halogens is 3. The molecular formula is C20H22F3N3O4. The van der Waals surface area contributed by atoms with Gasteiger partial charge in [0.15, 0.2) is 5.69 Å². The number of carbonyl (C=O) groups excluding carboxylic acids is 2. The number of aryl methyl sites for hydroxylation is 2. The fourth-order valence-corrected chi connectivity index (χ4v) is 3.27. The van der Waals surface area contributed by atoms with Gasteiger partial charge in [0.1, 0.15) is 6.61 Å². The maximum Gasteiger partial charge on any atom is 0.416 e. The van der Waals surface area contributed by atoms with Crippen LogP contribution in [0, 0.1) is 6.92 Å². The minimum absolute atomic E-state index is 0.168. The molecular weight excluding hydrogens is 403 g/mol. The molecule has 0 unspecified atom stereocenters. The molecule has 0 bridgehead atoms. The second kappa shape index (κ2) is 8.76. The first kappa shape index (κ1) is 21.7. The Labute approximate surface area is 171 Å². The summed E-state index contributed by atoms with van der Waals surface area (Å²) in [5.74, 6) is -0.535. The highest BCUT2D eigenvalue weighted by Gasteiger charge is 2.31. The Morgan fingerprint density at radius 3 is 2.60 bits per heavy atom. The van der Waals surface area contributed by atoms with Crippen molar-refractivity contribution in [1.29, 1.82) is 0 Å². The Kier molecular flexibility index (Phi) is 6.33. The number of amides is 1. The number of nitrogens with zero attached hydrogens (tertiary/aromatic N) is 3. The fourth-order valence-electron chi connectivity index (χ4n) is 3.27. The summed E-state index contributed by atoms with van der Waals surface area (Å²) in [6, 6.07) is 5.14. The molecule has 1 amide bonds. The zero-order valence-electron chi connectivity index (χ0n) is 16.7. The molecule has 1 aliphatic rings. The number of hydrogen-bond acceptors (Lipinski definition) is 5. The zero-order chi connectivity index (χ0) is 21.9. The zero-order valence-corrected chi connectivity index (χ0v) is 16.7. The predicted molar refractivity (Wildman–Crippen MR) is 99.6 cm³/mol. The maximum absolute atomic E-state index is 13.0. The summed E-state index contributed by atoms with van der Waals surface area (Å²) in [6.45, 7) is 4.30. The van der Waals surface area contributed by atoms with Crippen LogP contribution in [0.4, 0.5) is 18.0 Å². The van der Waals surface area contributed by atoms with Gasteiger partial charge in [0.25, 0.3) is 0 Å². The third-order valence-electron chi connectivity index (χ3n) is 4.58. The summed E-state index contributed by atoms with van der Waals surface area (Å²) >= 11 is 0. The highest BCUT2D eigenvalue weighted by molar-refractivity contribution is 5.87. The molecule has 0 saturated carbocycles. The van der Waals surface area contributed by atoms with Gasteiger partial charge in [0.05, 0.1) is 24.4 Å². The average Bonchev–Trinajstić information content (AvgIpc) is 2.97. The fraction of sp³-hybridized carbons (Fsp3) is 0.450. The van der Waals surface area contributed by atoms with Crippen molar-refractivity contribution in [2.24, 2.45) is 0 Å². The van der Waals surface area contributed by atoms with Gasteiger partial charge < -0.3 is 14.4 Å². The van der Waals surface area contributed by atoms with Gasteiger partial charge in [-0.15, -0.1) is 0 Å². The van der Waals surface area contributed by atoms with Gasteiger partial charge in [-0.1, -0.05) is 11.6 Å². The van der Waals surface area contributed by atoms with Crippen LogP contribution in [0.25, 0.3) is 0 Å². The average molecular weight is 425 g/mol. The van der Waals surface area contributed by atoms with E-state index in [1.165, 1.54) is 4.90 Å². The number of carbonyl (C=O) groups is 2. The van der Waals surface area contributed by atoms with Crippen LogP contribution in [0.5, 0.6) is 0 Å². The van der Waals surface area contributed by atoms with Crippen LogP contribution < -0.4 is 0 Å². The van der Waals surface area contributed by atoms with Crippen LogP contribution in [-0.2, 0) is 35.3 Å². The first-order valence-corrected chi connectivity index (χ1v) is 9.50. The lowest BCUT2D eigenvalue weighted by atomic mass is 10.1. The number of ether oxygens (including phenoxy) is 2. The Hall–Kier alpha value is -3.04. The van der Waals surface area contributed by atoms with Gasteiger partial charge in [-0.2, -0.15) is 18.3 Å². The van der Waals surface area contributed by atoms with E-state index >= 15 is 0 Å². The number of fused-ring (bicyclic) bond motifs is 1. The standard InChI is InChI=1S/C20H22F3N3O4/c1-3-29-18(27)17-10-16-11-25(5-4-6-26(16)24-17)19(28)30-12-14-7-13(2)8-15(9-14)20(21,22)23/h7-10H,3-6,11-12H2,1-2H3. The number of aromatic nitrogens is 2. The second-order valence-corrected chi connectivity index (χ2v) is 7.00. The van der Waals surface area contributed by atoms with E-state index in [9.17, 15) is 22.8 Å². The van der Waals surface area contributed by atoms with Crippen molar-refractivity contribution in [3.63, 3.8) is 0 Å². The Morgan fingerprint density at radius 2 is 1.90 bits per heavy atom. The molecule has 0 radical (unpaired) electrons. The molecule has 2 aromatic rings. The van der Waals surface area contributed by atoms with Gasteiger partial charge in [0, 0.05) is 13.1 Å². The van der Waals surface area contributed by atoms with E-state index in [0.717, 1.165) is 12.1 Å². The van der Waals surface area contributed by atoms with Crippen LogP contribution in [0.3, 0.4) is 0 Å². The van der Waals surface area contributed by atoms with Gasteiger partial charge in [-0.25, -0.2) is 9.59 Å². The summed E-state index contributed by atoms with van der Waals surface area (Å²) < 4.78 is 50.8. The molecule has 30 heavy (non-hydrogen) atoms. The van der Waals surface area contributed by atoms with E-state index in [1.807, 2.05) is 0 Å². The monoisotopic (exact) mass is 425 g/mol. The van der Waals surface area contributed by atoms with Crippen molar-refractivity contribution in [2.75, 3.05) is 13.2 Å². The molecule has 3 rings (SSSR count). The molecule has 1 aromatic heterocycles. The Morgan fingerprint density at radius 1 is 1.13 bits per heavy atom. The molecule has 0 atom stereocenters. The second-order valence-electron chi connectivity index (χ2n) is 7.00. The molecule has 0 fully saturated rings. The molecule has 0 spiro atoms. The van der Waals surface area contributed by atoms with Crippen molar-refractivity contribution in [2.45, 2.75) is 46.1 Å². The predicted octanol–water partition coefficient (Wildman–Crippen LogP) is 3.93. The smallest absolute Gasteiger partial charge is 0.416 e. The lowest BCUT2D eigenvalue weighted by molar-refractivity contribution is -0.137. The van der Waals surface area contributed by atoms with Gasteiger partial charge in [-0.05, 0) is 44.0 Å². The van der Waals surface area contributed by atoms with Crippen LogP contribution in [-0.4, -0.2) is 39.9 Å². The van der Waals surface area contributed by atoms with Crippen molar-refractivity contribution in [3.05, 3.63) is 52.3 Å². The summed E-state index contributed by atoms with van der Waals surface area (Å²) in [7, 11) is 0. The van der Waals surface area contributed by atoms with Crippen molar-refractivity contribution < 1.29 is 32.2 Å². The van der Waals surface area contributed by atoms with Crippen LogP contribution in [0.15, 0.2) is 24.3 Å². The first-order chi connectivity index (χ1) is 14.2. The molecule has 2 heterocycles. The quantitative estimate of drug-likeness (QED) is 0.694. The van der Waals surface area contributed by atoms with Crippen LogP contribution >= 0.6 is 0 Å². The first-order valence-electron chi connectivity index (χ1n) is 9.50. The van der Waals surface area contributed by atoms with E-state index in [4.69, 9.17) is 9.47 Å². The summed E-state index contributed by atoms with van der Waals surface area (Å²) in [4.78, 5) is 25.8. The van der Waals surface area contributed by atoms with E-state index in [-0.39, 0.29) is 31.0 Å². The maximum atomic E-state index is 13.0. The molecule has 7 nitrogen and oxygen atoms in total. The number of rotatable bonds is 4. The SMILES string of the molecule is CCOC(=O)c1cc2n(n1)CCCN(C(=O)OCc1cc(C)cc(C(F)(F)F)c1)C2. The van der Waals surface area contributed by atoms with E-state index in [2.05, 4.69) is 5.10 Å². The molecule has 1 aromatic carbocycles. The molecule has 1 aliphatic heterocycles. The summed E-state index contributed by atoms with van der Waals surface area (Å²) in [6.07, 6.45) is -4.52. The van der Waals surface area contributed by atoms with Crippen LogP contribution in [0.1, 0.15) is 46.2 Å². The lowest BCUT2D eigenvalue weighted by Crippen LogP contribution is -2.31. The minimum atomic E-state index is -4.47. The molecule has 0 N–H and O–H groups in total.